The van der Waals surface area contributed by atoms with Gasteiger partial charge in [0.15, 0.2) is 0 Å². The molecule has 1 aliphatic heterocycles. The second-order valence-corrected chi connectivity index (χ2v) is 4.75. The van der Waals surface area contributed by atoms with Gasteiger partial charge in [-0.15, -0.1) is 11.8 Å². The van der Waals surface area contributed by atoms with E-state index in [-0.39, 0.29) is 17.7 Å². The van der Waals surface area contributed by atoms with E-state index in [1.807, 2.05) is 0 Å². The van der Waals surface area contributed by atoms with Crippen molar-refractivity contribution < 1.29 is 9.59 Å². The number of rotatable bonds is 2. The Morgan fingerprint density at radius 1 is 1.33 bits per heavy atom. The Labute approximate surface area is 91.8 Å². The Kier molecular flexibility index (Phi) is 2.56. The molecule has 0 saturated carbocycles. The van der Waals surface area contributed by atoms with Gasteiger partial charge in [-0.2, -0.15) is 0 Å². The van der Waals surface area contributed by atoms with Gasteiger partial charge in [-0.3, -0.25) is 9.59 Å². The van der Waals surface area contributed by atoms with Crippen LogP contribution in [0.5, 0.6) is 0 Å². The lowest BCUT2D eigenvalue weighted by Gasteiger charge is -2.15. The monoisotopic (exact) mass is 224 g/mol. The molecule has 1 unspecified atom stereocenters. The molecule has 0 aromatic heterocycles. The second kappa shape index (κ2) is 3.73. The van der Waals surface area contributed by atoms with Crippen LogP contribution < -0.4 is 11.5 Å². The Morgan fingerprint density at radius 2 is 2.07 bits per heavy atom. The molecule has 5 heteroatoms. The van der Waals surface area contributed by atoms with Gasteiger partial charge in [-0.05, 0) is 24.5 Å². The fourth-order valence-corrected chi connectivity index (χ4v) is 3.28. The number of nitrogens with two attached hydrogens (primary N) is 2. The van der Waals surface area contributed by atoms with E-state index in [1.165, 1.54) is 0 Å². The quantitative estimate of drug-likeness (QED) is 0.707. The molecule has 2 amide bonds. The first-order valence-electron chi connectivity index (χ1n) is 4.75. The van der Waals surface area contributed by atoms with Crippen molar-refractivity contribution in [3.8, 4) is 0 Å². The van der Waals surface area contributed by atoms with E-state index in [0.717, 1.165) is 16.9 Å². The van der Waals surface area contributed by atoms with Gasteiger partial charge in [0, 0.05) is 16.2 Å². The average Bonchev–Trinajstić information content (AvgIpc) is 2.59. The molecule has 1 atom stereocenters. The Morgan fingerprint density at radius 3 is 2.67 bits per heavy atom. The first-order valence-corrected chi connectivity index (χ1v) is 5.73. The van der Waals surface area contributed by atoms with Gasteiger partial charge < -0.3 is 11.5 Å². The fourth-order valence-electron chi connectivity index (χ4n) is 1.92. The van der Waals surface area contributed by atoms with Crippen LogP contribution in [0.3, 0.4) is 0 Å². The molecule has 0 bridgehead atoms. The van der Waals surface area contributed by atoms with Crippen LogP contribution in [-0.4, -0.2) is 17.6 Å². The van der Waals surface area contributed by atoms with Crippen LogP contribution in [0.1, 0.15) is 12.8 Å². The maximum absolute atomic E-state index is 11.1. The molecule has 0 aromatic carbocycles. The van der Waals surface area contributed by atoms with E-state index in [2.05, 4.69) is 0 Å². The van der Waals surface area contributed by atoms with Crippen LogP contribution in [0, 0.1) is 5.92 Å². The third kappa shape index (κ3) is 1.79. The number of thioether (sulfide) groups is 1. The fraction of sp³-hybridized carbons (Fsp3) is 0.400. The summed E-state index contributed by atoms with van der Waals surface area (Å²) < 4.78 is 0. The molecule has 0 radical (unpaired) electrons. The van der Waals surface area contributed by atoms with Crippen molar-refractivity contribution in [2.24, 2.45) is 17.4 Å². The summed E-state index contributed by atoms with van der Waals surface area (Å²) in [5, 5.41) is 0. The van der Waals surface area contributed by atoms with Crippen LogP contribution in [0.4, 0.5) is 0 Å². The van der Waals surface area contributed by atoms with Gasteiger partial charge in [0.1, 0.15) is 0 Å². The zero-order valence-corrected chi connectivity index (χ0v) is 8.97. The lowest BCUT2D eigenvalue weighted by molar-refractivity contribution is -0.120. The molecule has 4 nitrogen and oxygen atoms in total. The van der Waals surface area contributed by atoms with Gasteiger partial charge in [-0.1, -0.05) is 0 Å². The van der Waals surface area contributed by atoms with Crippen LogP contribution >= 0.6 is 11.8 Å². The molecule has 15 heavy (non-hydrogen) atoms. The van der Waals surface area contributed by atoms with Crippen LogP contribution in [0.25, 0.3) is 0 Å². The highest BCUT2D eigenvalue weighted by Gasteiger charge is 2.31. The summed E-state index contributed by atoms with van der Waals surface area (Å²) in [5.41, 5.74) is 12.2. The van der Waals surface area contributed by atoms with Gasteiger partial charge in [0.05, 0.1) is 5.92 Å². The molecule has 1 heterocycles. The number of carbonyl (C=O) groups excluding carboxylic acids is 2. The third-order valence-electron chi connectivity index (χ3n) is 2.77. The highest BCUT2D eigenvalue weighted by Crippen LogP contribution is 2.42. The Balaban J connectivity index is 2.29. The van der Waals surface area contributed by atoms with Crippen molar-refractivity contribution >= 4 is 23.6 Å². The van der Waals surface area contributed by atoms with Crippen molar-refractivity contribution in [1.29, 1.82) is 0 Å². The molecule has 0 aromatic rings. The highest BCUT2D eigenvalue weighted by molar-refractivity contribution is 8.03. The maximum atomic E-state index is 11.1. The largest absolute Gasteiger partial charge is 0.369 e. The van der Waals surface area contributed by atoms with Gasteiger partial charge in [0.25, 0.3) is 0 Å². The minimum Gasteiger partial charge on any atom is -0.369 e. The lowest BCUT2D eigenvalue weighted by atomic mass is 9.89. The first kappa shape index (κ1) is 10.3. The minimum absolute atomic E-state index is 0.157. The standard InChI is InChI=1S/C10H12N2O2S/c11-9(13)5-1-2-6-7(10(12)14)4-15-8(6)3-5/h3,7H,1-2,4H2,(H2,11,13)(H2,12,14). The van der Waals surface area contributed by atoms with E-state index < -0.39 is 0 Å². The normalized spacial score (nSPS) is 24.8. The molecule has 0 spiro atoms. The minimum atomic E-state index is -0.371. The number of amides is 2. The van der Waals surface area contributed by atoms with Gasteiger partial charge >= 0.3 is 0 Å². The van der Waals surface area contributed by atoms with Crippen molar-refractivity contribution in [2.75, 3.05) is 5.75 Å². The van der Waals surface area contributed by atoms with E-state index in [0.29, 0.717) is 17.7 Å². The number of hydrogen-bond acceptors (Lipinski definition) is 3. The molecule has 80 valence electrons. The lowest BCUT2D eigenvalue weighted by Crippen LogP contribution is -2.25. The summed E-state index contributed by atoms with van der Waals surface area (Å²) in [4.78, 5) is 23.1. The molecular formula is C10H12N2O2S. The molecule has 0 fully saturated rings. The van der Waals surface area contributed by atoms with E-state index >= 15 is 0 Å². The zero-order valence-electron chi connectivity index (χ0n) is 8.16. The first-order chi connectivity index (χ1) is 7.09. The highest BCUT2D eigenvalue weighted by atomic mass is 32.2. The predicted octanol–water partition coefficient (Wildman–Crippen LogP) is 0.294. The molecule has 1 aliphatic carbocycles. The summed E-state index contributed by atoms with van der Waals surface area (Å²) in [7, 11) is 0. The zero-order chi connectivity index (χ0) is 11.0. The molecule has 2 aliphatic rings. The van der Waals surface area contributed by atoms with E-state index in [9.17, 15) is 9.59 Å². The number of carbonyl (C=O) groups is 2. The summed E-state index contributed by atoms with van der Waals surface area (Å²) in [5.74, 6) is -0.105. The topological polar surface area (TPSA) is 86.2 Å². The van der Waals surface area contributed by atoms with Crippen molar-refractivity contribution in [1.82, 2.24) is 0 Å². The SMILES string of the molecule is NC(=O)C1=CC2=C(CC1)C(C(N)=O)CS2. The van der Waals surface area contributed by atoms with E-state index in [1.54, 1.807) is 17.8 Å². The smallest absolute Gasteiger partial charge is 0.244 e. The molecule has 2 rings (SSSR count). The maximum Gasteiger partial charge on any atom is 0.244 e. The second-order valence-electron chi connectivity index (χ2n) is 3.69. The Hall–Kier alpha value is -1.23. The summed E-state index contributed by atoms with van der Waals surface area (Å²) in [6.45, 7) is 0. The van der Waals surface area contributed by atoms with Gasteiger partial charge in [-0.25, -0.2) is 0 Å². The third-order valence-corrected chi connectivity index (χ3v) is 3.96. The van der Waals surface area contributed by atoms with Crippen LogP contribution in [-0.2, 0) is 9.59 Å². The summed E-state index contributed by atoms with van der Waals surface area (Å²) in [6.07, 6.45) is 3.15. The van der Waals surface area contributed by atoms with Crippen molar-refractivity contribution in [3.63, 3.8) is 0 Å². The molecule has 0 saturated heterocycles. The van der Waals surface area contributed by atoms with Crippen LogP contribution in [0.15, 0.2) is 22.1 Å². The number of allylic oxidation sites excluding steroid dienone is 1. The molecular weight excluding hydrogens is 212 g/mol. The number of primary amides is 2. The molecule has 4 N–H and O–H groups in total. The van der Waals surface area contributed by atoms with Crippen molar-refractivity contribution in [3.05, 3.63) is 22.1 Å². The van der Waals surface area contributed by atoms with Crippen molar-refractivity contribution in [2.45, 2.75) is 12.8 Å². The predicted molar refractivity (Wildman–Crippen MR) is 58.7 cm³/mol. The van der Waals surface area contributed by atoms with Crippen LogP contribution in [0.2, 0.25) is 0 Å². The average molecular weight is 224 g/mol. The summed E-state index contributed by atoms with van der Waals surface area (Å²) in [6, 6.07) is 0. The van der Waals surface area contributed by atoms with Gasteiger partial charge in [0.2, 0.25) is 11.8 Å². The van der Waals surface area contributed by atoms with E-state index in [4.69, 9.17) is 11.5 Å². The Bertz CT molecular complexity index is 398. The summed E-state index contributed by atoms with van der Waals surface area (Å²) >= 11 is 1.58. The number of hydrogen-bond donors (Lipinski definition) is 2.